The summed E-state index contributed by atoms with van der Waals surface area (Å²) in [4.78, 5) is 0. The van der Waals surface area contributed by atoms with Gasteiger partial charge in [0.05, 0.1) is 0 Å². The summed E-state index contributed by atoms with van der Waals surface area (Å²) in [6.45, 7) is 3.90. The van der Waals surface area contributed by atoms with Crippen LogP contribution in [0.25, 0.3) is 0 Å². The van der Waals surface area contributed by atoms with Gasteiger partial charge in [0.15, 0.2) is 0 Å². The molecule has 1 fully saturated rings. The average molecular weight is 201 g/mol. The Hall–Kier alpha value is -0.780. The highest BCUT2D eigenvalue weighted by molar-refractivity contribution is 5.27. The van der Waals surface area contributed by atoms with E-state index in [9.17, 15) is 0 Å². The Labute approximate surface area is 93.7 Å². The molecule has 0 amide bonds. The van der Waals surface area contributed by atoms with E-state index in [-0.39, 0.29) is 0 Å². The van der Waals surface area contributed by atoms with E-state index < -0.39 is 0 Å². The third kappa shape index (κ3) is 2.84. The van der Waals surface area contributed by atoms with Gasteiger partial charge < -0.3 is 0 Å². The summed E-state index contributed by atoms with van der Waals surface area (Å²) in [7, 11) is 0. The molecule has 0 heteroatoms. The highest BCUT2D eigenvalue weighted by Crippen LogP contribution is 2.34. The van der Waals surface area contributed by atoms with Gasteiger partial charge in [0.2, 0.25) is 0 Å². The highest BCUT2D eigenvalue weighted by atomic mass is 14.2. The third-order valence-corrected chi connectivity index (χ3v) is 3.49. The van der Waals surface area contributed by atoms with Crippen molar-refractivity contribution in [2.75, 3.05) is 0 Å². The Morgan fingerprint density at radius 3 is 2.73 bits per heavy atom. The van der Waals surface area contributed by atoms with Crippen LogP contribution in [0.1, 0.15) is 55.6 Å². The fourth-order valence-corrected chi connectivity index (χ4v) is 2.59. The minimum atomic E-state index is 0.852. The fraction of sp³-hybridized carbons (Fsp3) is 0.533. The zero-order valence-corrected chi connectivity index (χ0v) is 9.54. The molecule has 15 heavy (non-hydrogen) atoms. The molecule has 0 spiro atoms. The zero-order valence-electron chi connectivity index (χ0n) is 9.54. The van der Waals surface area contributed by atoms with Crippen molar-refractivity contribution in [2.45, 2.75) is 50.9 Å². The second-order valence-electron chi connectivity index (χ2n) is 4.68. The first-order valence-electron chi connectivity index (χ1n) is 6.28. The summed E-state index contributed by atoms with van der Waals surface area (Å²) < 4.78 is 0. The SMILES string of the molecule is [CH2]CCCc1cccc(C2CCCC2)c1. The van der Waals surface area contributed by atoms with E-state index in [1.54, 1.807) is 5.56 Å². The van der Waals surface area contributed by atoms with Crippen LogP contribution in [0.5, 0.6) is 0 Å². The minimum absolute atomic E-state index is 0.852. The van der Waals surface area contributed by atoms with Gasteiger partial charge >= 0.3 is 0 Å². The maximum absolute atomic E-state index is 3.90. The fourth-order valence-electron chi connectivity index (χ4n) is 2.59. The lowest BCUT2D eigenvalue weighted by Gasteiger charge is -2.11. The quantitative estimate of drug-likeness (QED) is 0.672. The summed E-state index contributed by atoms with van der Waals surface area (Å²) >= 11 is 0. The molecule has 0 saturated heterocycles. The van der Waals surface area contributed by atoms with E-state index >= 15 is 0 Å². The van der Waals surface area contributed by atoms with Gasteiger partial charge in [0.1, 0.15) is 0 Å². The highest BCUT2D eigenvalue weighted by Gasteiger charge is 2.16. The van der Waals surface area contributed by atoms with Crippen LogP contribution in [-0.4, -0.2) is 0 Å². The monoisotopic (exact) mass is 201 g/mol. The Balaban J connectivity index is 2.04. The molecule has 1 aromatic rings. The molecule has 1 aliphatic rings. The first kappa shape index (κ1) is 10.7. The molecule has 81 valence electrons. The molecule has 1 aromatic carbocycles. The number of hydrogen-bond donors (Lipinski definition) is 0. The molecule has 0 nitrogen and oxygen atoms in total. The molecule has 0 aliphatic heterocycles. The van der Waals surface area contributed by atoms with Gasteiger partial charge in [-0.25, -0.2) is 0 Å². The molecule has 0 unspecified atom stereocenters. The van der Waals surface area contributed by atoms with E-state index in [0.717, 1.165) is 12.3 Å². The van der Waals surface area contributed by atoms with Crippen LogP contribution in [0.3, 0.4) is 0 Å². The molecule has 1 radical (unpaired) electrons. The average Bonchev–Trinajstić information content (AvgIpc) is 2.80. The van der Waals surface area contributed by atoms with Crippen molar-refractivity contribution in [3.63, 3.8) is 0 Å². The van der Waals surface area contributed by atoms with Crippen molar-refractivity contribution in [3.05, 3.63) is 42.3 Å². The topological polar surface area (TPSA) is 0 Å². The summed E-state index contributed by atoms with van der Waals surface area (Å²) in [6, 6.07) is 9.22. The summed E-state index contributed by atoms with van der Waals surface area (Å²) in [5.74, 6) is 0.852. The van der Waals surface area contributed by atoms with Gasteiger partial charge in [-0.15, -0.1) is 0 Å². The van der Waals surface area contributed by atoms with Crippen molar-refractivity contribution in [2.24, 2.45) is 0 Å². The molecule has 0 bridgehead atoms. The minimum Gasteiger partial charge on any atom is -0.0617 e. The lowest BCUT2D eigenvalue weighted by atomic mass is 9.95. The molecule has 0 aromatic heterocycles. The lowest BCUT2D eigenvalue weighted by molar-refractivity contribution is 0.720. The first-order valence-corrected chi connectivity index (χ1v) is 6.28. The van der Waals surface area contributed by atoms with Crippen LogP contribution in [0.4, 0.5) is 0 Å². The van der Waals surface area contributed by atoms with Crippen LogP contribution in [-0.2, 0) is 6.42 Å². The lowest BCUT2D eigenvalue weighted by Crippen LogP contribution is -1.94. The van der Waals surface area contributed by atoms with E-state index in [1.165, 1.54) is 44.1 Å². The van der Waals surface area contributed by atoms with Crippen molar-refractivity contribution in [3.8, 4) is 0 Å². The maximum Gasteiger partial charge on any atom is -0.0162 e. The molecule has 0 N–H and O–H groups in total. The number of benzene rings is 1. The summed E-state index contributed by atoms with van der Waals surface area (Å²) in [5.41, 5.74) is 3.08. The number of unbranched alkanes of at least 4 members (excludes halogenated alkanes) is 1. The van der Waals surface area contributed by atoms with Crippen LogP contribution >= 0.6 is 0 Å². The van der Waals surface area contributed by atoms with Crippen LogP contribution in [0.2, 0.25) is 0 Å². The first-order chi connectivity index (χ1) is 7.40. The second kappa shape index (κ2) is 5.34. The van der Waals surface area contributed by atoms with E-state index in [1.807, 2.05) is 0 Å². The van der Waals surface area contributed by atoms with Crippen LogP contribution < -0.4 is 0 Å². The maximum atomic E-state index is 3.90. The molecule has 0 atom stereocenters. The Bertz CT molecular complexity index is 295. The van der Waals surface area contributed by atoms with Crippen LogP contribution in [0.15, 0.2) is 24.3 Å². The molecule has 1 aliphatic carbocycles. The summed E-state index contributed by atoms with van der Waals surface area (Å²) in [6.07, 6.45) is 9.12. The molecular formula is C15H21. The smallest absolute Gasteiger partial charge is 0.0162 e. The normalized spacial score (nSPS) is 17.1. The predicted octanol–water partition coefficient (Wildman–Crippen LogP) is 4.50. The van der Waals surface area contributed by atoms with Crippen molar-refractivity contribution >= 4 is 0 Å². The standard InChI is InChI=1S/C15H21/c1-2-3-7-13-8-6-11-15(12-13)14-9-4-5-10-14/h6,8,11-12,14H,1-5,7,9-10H2. The van der Waals surface area contributed by atoms with Crippen molar-refractivity contribution in [1.29, 1.82) is 0 Å². The van der Waals surface area contributed by atoms with Gasteiger partial charge in [0.25, 0.3) is 0 Å². The number of hydrogen-bond acceptors (Lipinski definition) is 0. The molecule has 1 saturated carbocycles. The Morgan fingerprint density at radius 2 is 2.00 bits per heavy atom. The number of rotatable bonds is 4. The number of aryl methyl sites for hydroxylation is 1. The van der Waals surface area contributed by atoms with Gasteiger partial charge in [-0.2, -0.15) is 0 Å². The van der Waals surface area contributed by atoms with Crippen molar-refractivity contribution < 1.29 is 0 Å². The van der Waals surface area contributed by atoms with Gasteiger partial charge in [-0.1, -0.05) is 50.5 Å². The summed E-state index contributed by atoms with van der Waals surface area (Å²) in [5, 5.41) is 0. The van der Waals surface area contributed by atoms with Crippen LogP contribution in [0, 0.1) is 6.92 Å². The zero-order chi connectivity index (χ0) is 10.5. The van der Waals surface area contributed by atoms with E-state index in [4.69, 9.17) is 0 Å². The Morgan fingerprint density at radius 1 is 1.20 bits per heavy atom. The van der Waals surface area contributed by atoms with Crippen molar-refractivity contribution in [1.82, 2.24) is 0 Å². The van der Waals surface area contributed by atoms with Gasteiger partial charge in [0, 0.05) is 0 Å². The molecular weight excluding hydrogens is 180 g/mol. The third-order valence-electron chi connectivity index (χ3n) is 3.49. The van der Waals surface area contributed by atoms with Gasteiger partial charge in [-0.05, 0) is 42.7 Å². The largest absolute Gasteiger partial charge is 0.0617 e. The van der Waals surface area contributed by atoms with E-state index in [0.29, 0.717) is 0 Å². The molecule has 2 rings (SSSR count). The second-order valence-corrected chi connectivity index (χ2v) is 4.68. The predicted molar refractivity (Wildman–Crippen MR) is 65.9 cm³/mol. The van der Waals surface area contributed by atoms with E-state index in [2.05, 4.69) is 31.2 Å². The Kier molecular flexibility index (Phi) is 3.82. The van der Waals surface area contributed by atoms with Gasteiger partial charge in [-0.3, -0.25) is 0 Å². The molecule has 0 heterocycles.